The van der Waals surface area contributed by atoms with Crippen LogP contribution in [0.25, 0.3) is 0 Å². The minimum Gasteiger partial charge on any atom is -0.360 e. The highest BCUT2D eigenvalue weighted by Gasteiger charge is 2.43. The molecule has 1 amide bonds. The smallest absolute Gasteiger partial charge is 0.230 e. The Morgan fingerprint density at radius 3 is 2.53 bits per heavy atom. The normalized spacial score (nSPS) is 22.1. The van der Waals surface area contributed by atoms with Crippen molar-refractivity contribution in [1.82, 2.24) is 4.90 Å². The van der Waals surface area contributed by atoms with E-state index in [2.05, 4.69) is 0 Å². The van der Waals surface area contributed by atoms with Crippen LogP contribution in [0, 0.1) is 16.7 Å². The Morgan fingerprint density at radius 1 is 1.47 bits per heavy atom. The first-order valence-corrected chi connectivity index (χ1v) is 5.79. The molecular formula is C12H21N3O2. The fourth-order valence-corrected chi connectivity index (χ4v) is 1.58. The van der Waals surface area contributed by atoms with Crippen molar-refractivity contribution < 1.29 is 9.53 Å². The molecule has 0 aromatic carbocycles. The zero-order valence-electron chi connectivity index (χ0n) is 11.0. The Kier molecular flexibility index (Phi) is 3.80. The van der Waals surface area contributed by atoms with E-state index in [1.807, 2.05) is 33.8 Å². The summed E-state index contributed by atoms with van der Waals surface area (Å²) in [7, 11) is 0. The van der Waals surface area contributed by atoms with Crippen molar-refractivity contribution >= 4 is 5.91 Å². The largest absolute Gasteiger partial charge is 0.360 e. The summed E-state index contributed by atoms with van der Waals surface area (Å²) < 4.78 is 5.22. The molecule has 0 aromatic heterocycles. The number of carbonyl (C=O) groups excluding carboxylic acids is 1. The van der Waals surface area contributed by atoms with Gasteiger partial charge in [-0.15, -0.1) is 0 Å². The van der Waals surface area contributed by atoms with Crippen LogP contribution >= 0.6 is 0 Å². The van der Waals surface area contributed by atoms with Crippen LogP contribution in [0.2, 0.25) is 0 Å². The SMILES string of the molecule is CC(C)(N)C(C)(C)C(=O)N1CCOC(C#N)C1. The lowest BCUT2D eigenvalue weighted by Gasteiger charge is -2.42. The predicted molar refractivity (Wildman–Crippen MR) is 64.0 cm³/mol. The molecule has 5 heteroatoms. The summed E-state index contributed by atoms with van der Waals surface area (Å²) in [6.07, 6.45) is -0.524. The third-order valence-electron chi connectivity index (χ3n) is 3.64. The Bertz CT molecular complexity index is 339. The number of amides is 1. The lowest BCUT2D eigenvalue weighted by molar-refractivity contribution is -0.149. The molecule has 5 nitrogen and oxygen atoms in total. The second-order valence-electron chi connectivity index (χ2n) is 5.59. The van der Waals surface area contributed by atoms with Gasteiger partial charge in [0.25, 0.3) is 0 Å². The van der Waals surface area contributed by atoms with Gasteiger partial charge in [0.1, 0.15) is 0 Å². The van der Waals surface area contributed by atoms with Gasteiger partial charge >= 0.3 is 0 Å². The van der Waals surface area contributed by atoms with E-state index in [0.717, 1.165) is 0 Å². The summed E-state index contributed by atoms with van der Waals surface area (Å²) in [5, 5.41) is 8.82. The lowest BCUT2D eigenvalue weighted by Crippen LogP contribution is -2.59. The van der Waals surface area contributed by atoms with Gasteiger partial charge in [0, 0.05) is 12.1 Å². The van der Waals surface area contributed by atoms with Crippen molar-refractivity contribution in [1.29, 1.82) is 5.26 Å². The zero-order chi connectivity index (χ0) is 13.3. The van der Waals surface area contributed by atoms with Crippen molar-refractivity contribution in [2.24, 2.45) is 11.1 Å². The maximum atomic E-state index is 12.4. The van der Waals surface area contributed by atoms with E-state index in [-0.39, 0.29) is 5.91 Å². The zero-order valence-corrected chi connectivity index (χ0v) is 11.0. The van der Waals surface area contributed by atoms with Crippen LogP contribution in [0.4, 0.5) is 0 Å². The Morgan fingerprint density at radius 2 is 2.06 bits per heavy atom. The highest BCUT2D eigenvalue weighted by Crippen LogP contribution is 2.31. The van der Waals surface area contributed by atoms with Crippen molar-refractivity contribution in [3.63, 3.8) is 0 Å². The van der Waals surface area contributed by atoms with Gasteiger partial charge in [-0.1, -0.05) is 0 Å². The molecule has 2 N–H and O–H groups in total. The van der Waals surface area contributed by atoms with Gasteiger partial charge in [-0.3, -0.25) is 4.79 Å². The summed E-state index contributed by atoms with van der Waals surface area (Å²) in [6, 6.07) is 2.03. The van der Waals surface area contributed by atoms with E-state index in [0.29, 0.717) is 19.7 Å². The van der Waals surface area contributed by atoms with Crippen LogP contribution in [0.5, 0.6) is 0 Å². The van der Waals surface area contributed by atoms with E-state index in [1.165, 1.54) is 0 Å². The molecule has 1 aliphatic rings. The molecule has 1 heterocycles. The first-order chi connectivity index (χ1) is 7.70. The van der Waals surface area contributed by atoms with Crippen LogP contribution in [0.1, 0.15) is 27.7 Å². The number of morpholine rings is 1. The van der Waals surface area contributed by atoms with E-state index in [4.69, 9.17) is 15.7 Å². The van der Waals surface area contributed by atoms with Gasteiger partial charge in [-0.05, 0) is 27.7 Å². The molecule has 1 fully saturated rings. The number of nitrogens with two attached hydrogens (primary N) is 1. The van der Waals surface area contributed by atoms with Gasteiger partial charge in [0.05, 0.1) is 24.6 Å². The number of carbonyl (C=O) groups is 1. The van der Waals surface area contributed by atoms with E-state index in [1.54, 1.807) is 4.90 Å². The molecule has 0 radical (unpaired) electrons. The fourth-order valence-electron chi connectivity index (χ4n) is 1.58. The van der Waals surface area contributed by atoms with Crippen LogP contribution in [-0.4, -0.2) is 42.1 Å². The molecule has 1 saturated heterocycles. The van der Waals surface area contributed by atoms with Crippen molar-refractivity contribution in [2.75, 3.05) is 19.7 Å². The summed E-state index contributed by atoms with van der Waals surface area (Å²) in [4.78, 5) is 14.1. The summed E-state index contributed by atoms with van der Waals surface area (Å²) in [5.41, 5.74) is 4.78. The number of rotatable bonds is 2. The number of hydrogen-bond acceptors (Lipinski definition) is 4. The predicted octanol–water partition coefficient (Wildman–Crippen LogP) is 0.501. The third-order valence-corrected chi connectivity index (χ3v) is 3.64. The molecule has 1 rings (SSSR count). The van der Waals surface area contributed by atoms with E-state index < -0.39 is 17.1 Å². The molecule has 1 aliphatic heterocycles. The number of hydrogen-bond donors (Lipinski definition) is 1. The van der Waals surface area contributed by atoms with Crippen LogP contribution in [0.15, 0.2) is 0 Å². The van der Waals surface area contributed by atoms with Gasteiger partial charge in [0.15, 0.2) is 6.10 Å². The molecule has 0 saturated carbocycles. The fraction of sp³-hybridized carbons (Fsp3) is 0.833. The topological polar surface area (TPSA) is 79.3 Å². The minimum absolute atomic E-state index is 0.0199. The highest BCUT2D eigenvalue weighted by atomic mass is 16.5. The van der Waals surface area contributed by atoms with E-state index >= 15 is 0 Å². The molecule has 0 aliphatic carbocycles. The van der Waals surface area contributed by atoms with Gasteiger partial charge in [-0.2, -0.15) is 5.26 Å². The van der Waals surface area contributed by atoms with Crippen LogP contribution in [-0.2, 0) is 9.53 Å². The molecule has 17 heavy (non-hydrogen) atoms. The van der Waals surface area contributed by atoms with Gasteiger partial charge in [-0.25, -0.2) is 0 Å². The summed E-state index contributed by atoms with van der Waals surface area (Å²) in [6.45, 7) is 8.62. The monoisotopic (exact) mass is 239 g/mol. The maximum Gasteiger partial charge on any atom is 0.230 e. The molecule has 0 spiro atoms. The average molecular weight is 239 g/mol. The van der Waals surface area contributed by atoms with Gasteiger partial charge < -0.3 is 15.4 Å². The van der Waals surface area contributed by atoms with Crippen LogP contribution in [0.3, 0.4) is 0 Å². The Hall–Kier alpha value is -1.12. The lowest BCUT2D eigenvalue weighted by atomic mass is 9.74. The van der Waals surface area contributed by atoms with E-state index in [9.17, 15) is 4.79 Å². The molecule has 96 valence electrons. The molecule has 0 bridgehead atoms. The maximum absolute atomic E-state index is 12.4. The Balaban J connectivity index is 2.80. The molecular weight excluding hydrogens is 218 g/mol. The summed E-state index contributed by atoms with van der Waals surface area (Å²) in [5.74, 6) is -0.0199. The number of nitriles is 1. The highest BCUT2D eigenvalue weighted by molar-refractivity contribution is 5.83. The first-order valence-electron chi connectivity index (χ1n) is 5.79. The van der Waals surface area contributed by atoms with Crippen LogP contribution < -0.4 is 5.73 Å². The second-order valence-corrected chi connectivity index (χ2v) is 5.59. The number of ether oxygens (including phenoxy) is 1. The van der Waals surface area contributed by atoms with Crippen molar-refractivity contribution in [3.05, 3.63) is 0 Å². The average Bonchev–Trinajstić information content (AvgIpc) is 2.26. The van der Waals surface area contributed by atoms with Crippen molar-refractivity contribution in [2.45, 2.75) is 39.3 Å². The van der Waals surface area contributed by atoms with Crippen molar-refractivity contribution in [3.8, 4) is 6.07 Å². The molecule has 1 unspecified atom stereocenters. The summed E-state index contributed by atoms with van der Waals surface area (Å²) >= 11 is 0. The number of nitrogens with zero attached hydrogens (tertiary/aromatic N) is 2. The molecule has 1 atom stereocenters. The van der Waals surface area contributed by atoms with Gasteiger partial charge in [0.2, 0.25) is 5.91 Å². The Labute approximate surface area is 103 Å². The second kappa shape index (κ2) is 4.63. The molecule has 0 aromatic rings. The third kappa shape index (κ3) is 2.76. The minimum atomic E-state index is -0.662. The standard InChI is InChI=1S/C12H21N3O2/c1-11(2,12(3,4)14)10(16)15-5-6-17-9(7-13)8-15/h9H,5-6,8,14H2,1-4H3. The quantitative estimate of drug-likeness (QED) is 0.761. The first kappa shape index (κ1) is 13.9.